The van der Waals surface area contributed by atoms with E-state index < -0.39 is 0 Å². The van der Waals surface area contributed by atoms with E-state index in [1.54, 1.807) is 24.3 Å². The van der Waals surface area contributed by atoms with Crippen LogP contribution in [0.2, 0.25) is 0 Å². The van der Waals surface area contributed by atoms with Gasteiger partial charge in [0.05, 0.1) is 6.54 Å². The molecule has 0 aliphatic heterocycles. The van der Waals surface area contributed by atoms with Crippen LogP contribution >= 0.6 is 0 Å². The van der Waals surface area contributed by atoms with Crippen molar-refractivity contribution >= 4 is 28.9 Å². The largest absolute Gasteiger partial charge is 0.376 e. The van der Waals surface area contributed by atoms with Crippen LogP contribution in [0.15, 0.2) is 54.6 Å². The first kappa shape index (κ1) is 14.6. The second-order valence-electron chi connectivity index (χ2n) is 4.53. The zero-order chi connectivity index (χ0) is 15.1. The molecule has 5 nitrogen and oxygen atoms in total. The Morgan fingerprint density at radius 3 is 2.14 bits per heavy atom. The van der Waals surface area contributed by atoms with Crippen LogP contribution in [0.5, 0.6) is 0 Å². The quantitative estimate of drug-likeness (QED) is 0.790. The molecule has 3 N–H and O–H groups in total. The molecule has 0 aliphatic carbocycles. The lowest BCUT2D eigenvalue weighted by molar-refractivity contribution is -0.115. The van der Waals surface area contributed by atoms with E-state index in [4.69, 9.17) is 0 Å². The zero-order valence-electron chi connectivity index (χ0n) is 11.7. The van der Waals surface area contributed by atoms with Gasteiger partial charge in [-0.25, -0.2) is 0 Å². The third-order valence-corrected chi connectivity index (χ3v) is 2.69. The first-order valence-corrected chi connectivity index (χ1v) is 6.60. The highest BCUT2D eigenvalue weighted by atomic mass is 16.2. The standard InChI is InChI=1S/C16H17N3O2/c1-12(20)18-14-8-5-9-15(10-14)19-16(21)11-17-13-6-3-2-4-7-13/h2-10,17H,11H2,1H3,(H,18,20)(H,19,21). The summed E-state index contributed by atoms with van der Waals surface area (Å²) in [6.07, 6.45) is 0. The van der Waals surface area contributed by atoms with E-state index in [9.17, 15) is 9.59 Å². The minimum absolute atomic E-state index is 0.149. The summed E-state index contributed by atoms with van der Waals surface area (Å²) >= 11 is 0. The maximum Gasteiger partial charge on any atom is 0.243 e. The van der Waals surface area contributed by atoms with Crippen LogP contribution < -0.4 is 16.0 Å². The van der Waals surface area contributed by atoms with Gasteiger partial charge in [-0.3, -0.25) is 9.59 Å². The number of benzene rings is 2. The Morgan fingerprint density at radius 2 is 1.48 bits per heavy atom. The molecule has 0 heterocycles. The summed E-state index contributed by atoms with van der Waals surface area (Å²) in [5.41, 5.74) is 2.18. The van der Waals surface area contributed by atoms with Crippen LogP contribution in [0.3, 0.4) is 0 Å². The molecule has 0 bridgehead atoms. The van der Waals surface area contributed by atoms with Gasteiger partial charge in [0, 0.05) is 24.0 Å². The lowest BCUT2D eigenvalue weighted by Crippen LogP contribution is -2.21. The van der Waals surface area contributed by atoms with Crippen LogP contribution in [-0.2, 0) is 9.59 Å². The fraction of sp³-hybridized carbons (Fsp3) is 0.125. The number of nitrogens with one attached hydrogen (secondary N) is 3. The van der Waals surface area contributed by atoms with Gasteiger partial charge in [-0.1, -0.05) is 24.3 Å². The van der Waals surface area contributed by atoms with E-state index in [1.165, 1.54) is 6.92 Å². The third-order valence-electron chi connectivity index (χ3n) is 2.69. The summed E-state index contributed by atoms with van der Waals surface area (Å²) in [6.45, 7) is 1.61. The second-order valence-corrected chi connectivity index (χ2v) is 4.53. The molecular weight excluding hydrogens is 266 g/mol. The lowest BCUT2D eigenvalue weighted by atomic mass is 10.2. The zero-order valence-corrected chi connectivity index (χ0v) is 11.7. The minimum atomic E-state index is -0.154. The molecule has 2 rings (SSSR count). The van der Waals surface area contributed by atoms with E-state index in [0.29, 0.717) is 11.4 Å². The number of carbonyl (C=O) groups excluding carboxylic acids is 2. The molecule has 0 aliphatic rings. The first-order valence-electron chi connectivity index (χ1n) is 6.60. The van der Waals surface area contributed by atoms with E-state index in [-0.39, 0.29) is 18.4 Å². The van der Waals surface area contributed by atoms with Crippen molar-refractivity contribution < 1.29 is 9.59 Å². The Balaban J connectivity index is 1.89. The highest BCUT2D eigenvalue weighted by Gasteiger charge is 2.03. The molecular formula is C16H17N3O2. The number of hydrogen-bond donors (Lipinski definition) is 3. The van der Waals surface area contributed by atoms with Crippen molar-refractivity contribution in [1.29, 1.82) is 0 Å². The Morgan fingerprint density at radius 1 is 0.857 bits per heavy atom. The number of anilines is 3. The molecule has 0 aromatic heterocycles. The maximum absolute atomic E-state index is 11.9. The van der Waals surface area contributed by atoms with E-state index in [2.05, 4.69) is 16.0 Å². The van der Waals surface area contributed by atoms with Crippen LogP contribution in [0.25, 0.3) is 0 Å². The van der Waals surface area contributed by atoms with Gasteiger partial charge >= 0.3 is 0 Å². The van der Waals surface area contributed by atoms with Gasteiger partial charge in [-0.2, -0.15) is 0 Å². The SMILES string of the molecule is CC(=O)Nc1cccc(NC(=O)CNc2ccccc2)c1. The number of carbonyl (C=O) groups is 2. The number of rotatable bonds is 5. The number of para-hydroxylation sites is 1. The molecule has 108 valence electrons. The van der Waals surface area contributed by atoms with Crippen molar-refractivity contribution in [3.8, 4) is 0 Å². The fourth-order valence-corrected chi connectivity index (χ4v) is 1.82. The second kappa shape index (κ2) is 7.09. The fourth-order valence-electron chi connectivity index (χ4n) is 1.82. The first-order chi connectivity index (χ1) is 10.1. The van der Waals surface area contributed by atoms with Gasteiger partial charge in [0.1, 0.15) is 0 Å². The van der Waals surface area contributed by atoms with Crippen LogP contribution in [0.4, 0.5) is 17.1 Å². The van der Waals surface area contributed by atoms with Gasteiger partial charge in [0.25, 0.3) is 0 Å². The summed E-state index contributed by atoms with van der Waals surface area (Å²) in [5.74, 6) is -0.303. The summed E-state index contributed by atoms with van der Waals surface area (Å²) in [6, 6.07) is 16.5. The molecule has 0 unspecified atom stereocenters. The van der Waals surface area contributed by atoms with Crippen molar-refractivity contribution in [2.45, 2.75) is 6.92 Å². The molecule has 0 spiro atoms. The normalized spacial score (nSPS) is 9.76. The lowest BCUT2D eigenvalue weighted by Gasteiger charge is -2.09. The molecule has 2 amide bonds. The number of hydrogen-bond acceptors (Lipinski definition) is 3. The van der Waals surface area contributed by atoms with E-state index in [1.807, 2.05) is 30.3 Å². The Hall–Kier alpha value is -2.82. The van der Waals surface area contributed by atoms with Gasteiger partial charge in [0.2, 0.25) is 11.8 Å². The Kier molecular flexibility index (Phi) is 4.93. The Bertz CT molecular complexity index is 626. The molecule has 0 fully saturated rings. The molecule has 0 radical (unpaired) electrons. The summed E-state index contributed by atoms with van der Waals surface area (Å²) < 4.78 is 0. The van der Waals surface area contributed by atoms with Gasteiger partial charge in [0.15, 0.2) is 0 Å². The highest BCUT2D eigenvalue weighted by Crippen LogP contribution is 2.15. The predicted octanol–water partition coefficient (Wildman–Crippen LogP) is 2.70. The smallest absolute Gasteiger partial charge is 0.243 e. The molecule has 2 aromatic rings. The predicted molar refractivity (Wildman–Crippen MR) is 84.3 cm³/mol. The van der Waals surface area contributed by atoms with Crippen LogP contribution in [0, 0.1) is 0 Å². The van der Waals surface area contributed by atoms with E-state index >= 15 is 0 Å². The van der Waals surface area contributed by atoms with Crippen molar-refractivity contribution in [3.05, 3.63) is 54.6 Å². The van der Waals surface area contributed by atoms with E-state index in [0.717, 1.165) is 5.69 Å². The Labute approximate surface area is 123 Å². The number of amides is 2. The molecule has 5 heteroatoms. The summed E-state index contributed by atoms with van der Waals surface area (Å²) in [4.78, 5) is 22.9. The average molecular weight is 283 g/mol. The molecule has 0 atom stereocenters. The van der Waals surface area contributed by atoms with Crippen molar-refractivity contribution in [2.75, 3.05) is 22.5 Å². The van der Waals surface area contributed by atoms with Gasteiger partial charge in [-0.05, 0) is 30.3 Å². The van der Waals surface area contributed by atoms with Crippen molar-refractivity contribution in [2.24, 2.45) is 0 Å². The summed E-state index contributed by atoms with van der Waals surface area (Å²) in [5, 5.41) is 8.47. The molecule has 21 heavy (non-hydrogen) atoms. The van der Waals surface area contributed by atoms with Crippen LogP contribution in [0.1, 0.15) is 6.92 Å². The topological polar surface area (TPSA) is 70.2 Å². The average Bonchev–Trinajstić information content (AvgIpc) is 2.46. The summed E-state index contributed by atoms with van der Waals surface area (Å²) in [7, 11) is 0. The van der Waals surface area contributed by atoms with Gasteiger partial charge < -0.3 is 16.0 Å². The molecule has 0 saturated carbocycles. The van der Waals surface area contributed by atoms with Crippen molar-refractivity contribution in [3.63, 3.8) is 0 Å². The third kappa shape index (κ3) is 4.99. The minimum Gasteiger partial charge on any atom is -0.376 e. The highest BCUT2D eigenvalue weighted by molar-refractivity contribution is 5.95. The molecule has 2 aromatic carbocycles. The monoisotopic (exact) mass is 283 g/mol. The van der Waals surface area contributed by atoms with Crippen LogP contribution in [-0.4, -0.2) is 18.4 Å². The van der Waals surface area contributed by atoms with Crippen molar-refractivity contribution in [1.82, 2.24) is 0 Å². The molecule has 0 saturated heterocycles. The van der Waals surface area contributed by atoms with Gasteiger partial charge in [-0.15, -0.1) is 0 Å². The maximum atomic E-state index is 11.9.